The first-order valence-corrected chi connectivity index (χ1v) is 10.3. The Labute approximate surface area is 175 Å². The van der Waals surface area contributed by atoms with E-state index in [1.807, 2.05) is 54.6 Å². The summed E-state index contributed by atoms with van der Waals surface area (Å²) in [5.74, 6) is 1.62. The van der Waals surface area contributed by atoms with Gasteiger partial charge in [-0.3, -0.25) is 9.69 Å². The molecule has 4 nitrogen and oxygen atoms in total. The Morgan fingerprint density at radius 1 is 1.14 bits per heavy atom. The van der Waals surface area contributed by atoms with E-state index in [1.165, 1.54) is 11.8 Å². The number of thiocarbonyl (C=S) groups is 1. The fourth-order valence-corrected chi connectivity index (χ4v) is 4.08. The van der Waals surface area contributed by atoms with Crippen molar-refractivity contribution in [3.8, 4) is 11.5 Å². The number of hydrogen-bond acceptors (Lipinski definition) is 5. The Balaban J connectivity index is 1.75. The molecule has 1 aliphatic heterocycles. The van der Waals surface area contributed by atoms with Crippen molar-refractivity contribution < 1.29 is 14.3 Å². The molecule has 0 bridgehead atoms. The topological polar surface area (TPSA) is 38.8 Å². The molecule has 0 N–H and O–H groups in total. The normalized spacial score (nSPS) is 15.6. The van der Waals surface area contributed by atoms with E-state index in [0.717, 1.165) is 11.1 Å². The Morgan fingerprint density at radius 2 is 1.89 bits per heavy atom. The van der Waals surface area contributed by atoms with Crippen molar-refractivity contribution >= 4 is 40.3 Å². The summed E-state index contributed by atoms with van der Waals surface area (Å²) in [6, 6.07) is 15.6. The second kappa shape index (κ2) is 9.26. The van der Waals surface area contributed by atoms with Crippen LogP contribution in [0.1, 0.15) is 25.0 Å². The minimum atomic E-state index is -0.0351. The molecule has 0 aromatic heterocycles. The zero-order valence-corrected chi connectivity index (χ0v) is 17.8. The average Bonchev–Trinajstić information content (AvgIpc) is 2.94. The molecule has 0 radical (unpaired) electrons. The first kappa shape index (κ1) is 20.4. The van der Waals surface area contributed by atoms with Crippen molar-refractivity contribution in [2.75, 3.05) is 13.7 Å². The van der Waals surface area contributed by atoms with Crippen LogP contribution >= 0.6 is 24.0 Å². The van der Waals surface area contributed by atoms with E-state index in [9.17, 15) is 4.79 Å². The highest BCUT2D eigenvalue weighted by atomic mass is 32.2. The number of amides is 1. The maximum absolute atomic E-state index is 12.6. The summed E-state index contributed by atoms with van der Waals surface area (Å²) in [6.07, 6.45) is 1.85. The molecule has 1 heterocycles. The van der Waals surface area contributed by atoms with E-state index < -0.39 is 0 Å². The maximum atomic E-state index is 12.6. The van der Waals surface area contributed by atoms with Gasteiger partial charge in [0, 0.05) is 6.54 Å². The van der Waals surface area contributed by atoms with Crippen LogP contribution in [0.25, 0.3) is 6.08 Å². The third-order valence-electron chi connectivity index (χ3n) is 4.14. The lowest BCUT2D eigenvalue weighted by molar-refractivity contribution is -0.122. The summed E-state index contributed by atoms with van der Waals surface area (Å²) in [5.41, 5.74) is 1.96. The smallest absolute Gasteiger partial charge is 0.266 e. The number of nitrogens with zero attached hydrogens (tertiary/aromatic N) is 1. The summed E-state index contributed by atoms with van der Waals surface area (Å²) in [4.78, 5) is 14.9. The van der Waals surface area contributed by atoms with Gasteiger partial charge in [0.25, 0.3) is 5.91 Å². The minimum Gasteiger partial charge on any atom is -0.493 e. The van der Waals surface area contributed by atoms with Gasteiger partial charge in [-0.2, -0.15) is 0 Å². The SMILES string of the molecule is COc1cc(/C=C2\SC(=S)N(CC(C)C)C2=O)ccc1OCc1ccccc1. The van der Waals surface area contributed by atoms with Crippen molar-refractivity contribution in [3.63, 3.8) is 0 Å². The van der Waals surface area contributed by atoms with Crippen LogP contribution in [-0.4, -0.2) is 28.8 Å². The number of carbonyl (C=O) groups excluding carboxylic acids is 1. The molecule has 0 unspecified atom stereocenters. The van der Waals surface area contributed by atoms with Crippen LogP contribution in [0.2, 0.25) is 0 Å². The first-order chi connectivity index (χ1) is 13.5. The van der Waals surface area contributed by atoms with Gasteiger partial charge >= 0.3 is 0 Å². The monoisotopic (exact) mass is 413 g/mol. The van der Waals surface area contributed by atoms with E-state index in [2.05, 4.69) is 13.8 Å². The van der Waals surface area contributed by atoms with Crippen LogP contribution in [0.15, 0.2) is 53.4 Å². The van der Waals surface area contributed by atoms with Gasteiger partial charge in [-0.25, -0.2) is 0 Å². The summed E-state index contributed by atoms with van der Waals surface area (Å²) < 4.78 is 12.0. The van der Waals surface area contributed by atoms with Gasteiger partial charge < -0.3 is 9.47 Å². The molecule has 2 aromatic carbocycles. The lowest BCUT2D eigenvalue weighted by atomic mass is 10.1. The third kappa shape index (κ3) is 4.94. The summed E-state index contributed by atoms with van der Waals surface area (Å²) in [5, 5.41) is 0. The molecule has 0 aliphatic carbocycles. The van der Waals surface area contributed by atoms with Gasteiger partial charge in [0.05, 0.1) is 12.0 Å². The molecule has 0 atom stereocenters. The molecule has 1 saturated heterocycles. The zero-order valence-electron chi connectivity index (χ0n) is 16.2. The van der Waals surface area contributed by atoms with Gasteiger partial charge in [0.15, 0.2) is 11.5 Å². The molecule has 0 spiro atoms. The van der Waals surface area contributed by atoms with Crippen LogP contribution < -0.4 is 9.47 Å². The average molecular weight is 414 g/mol. The first-order valence-electron chi connectivity index (χ1n) is 9.08. The highest BCUT2D eigenvalue weighted by Crippen LogP contribution is 2.35. The van der Waals surface area contributed by atoms with E-state index in [-0.39, 0.29) is 5.91 Å². The quantitative estimate of drug-likeness (QED) is 0.465. The largest absolute Gasteiger partial charge is 0.493 e. The lowest BCUT2D eigenvalue weighted by Crippen LogP contribution is -2.31. The number of benzene rings is 2. The van der Waals surface area contributed by atoms with E-state index in [1.54, 1.807) is 12.0 Å². The molecule has 3 rings (SSSR count). The van der Waals surface area contributed by atoms with Crippen LogP contribution in [0.5, 0.6) is 11.5 Å². The number of methoxy groups -OCH3 is 1. The Kier molecular flexibility index (Phi) is 6.75. The van der Waals surface area contributed by atoms with Gasteiger partial charge in [-0.1, -0.05) is 74.2 Å². The molecular formula is C22H23NO3S2. The standard InChI is InChI=1S/C22H23NO3S2/c1-15(2)13-23-21(24)20(28-22(23)27)12-17-9-10-18(19(11-17)25-3)26-14-16-7-5-4-6-8-16/h4-12,15H,13-14H2,1-3H3/b20-12-. The van der Waals surface area contributed by atoms with Gasteiger partial charge in [-0.05, 0) is 35.3 Å². The number of ether oxygens (including phenoxy) is 2. The molecule has 146 valence electrons. The summed E-state index contributed by atoms with van der Waals surface area (Å²) in [7, 11) is 1.61. The van der Waals surface area contributed by atoms with Gasteiger partial charge in [0.2, 0.25) is 0 Å². The number of carbonyl (C=O) groups is 1. The molecule has 0 saturated carbocycles. The molecule has 28 heavy (non-hydrogen) atoms. The minimum absolute atomic E-state index is 0.0351. The molecular weight excluding hydrogens is 390 g/mol. The molecule has 6 heteroatoms. The fraction of sp³-hybridized carbons (Fsp3) is 0.273. The number of rotatable bonds is 7. The third-order valence-corrected chi connectivity index (χ3v) is 5.52. The van der Waals surface area contributed by atoms with Crippen molar-refractivity contribution in [1.82, 2.24) is 4.90 Å². The molecule has 1 aliphatic rings. The second-order valence-electron chi connectivity index (χ2n) is 6.87. The Bertz CT molecular complexity index is 894. The van der Waals surface area contributed by atoms with E-state index >= 15 is 0 Å². The van der Waals surface area contributed by atoms with Crippen LogP contribution in [0.4, 0.5) is 0 Å². The second-order valence-corrected chi connectivity index (χ2v) is 8.55. The van der Waals surface area contributed by atoms with Gasteiger partial charge in [0.1, 0.15) is 10.9 Å². The van der Waals surface area contributed by atoms with Crippen LogP contribution in [0, 0.1) is 5.92 Å². The predicted molar refractivity (Wildman–Crippen MR) is 118 cm³/mol. The zero-order chi connectivity index (χ0) is 20.1. The lowest BCUT2D eigenvalue weighted by Gasteiger charge is -2.16. The fourth-order valence-electron chi connectivity index (χ4n) is 2.80. The van der Waals surface area contributed by atoms with E-state index in [0.29, 0.717) is 39.8 Å². The maximum Gasteiger partial charge on any atom is 0.266 e. The summed E-state index contributed by atoms with van der Waals surface area (Å²) >= 11 is 6.70. The molecule has 1 fully saturated rings. The highest BCUT2D eigenvalue weighted by molar-refractivity contribution is 8.26. The van der Waals surface area contributed by atoms with Crippen molar-refractivity contribution in [2.45, 2.75) is 20.5 Å². The molecule has 2 aromatic rings. The number of thioether (sulfide) groups is 1. The van der Waals surface area contributed by atoms with Crippen LogP contribution in [-0.2, 0) is 11.4 Å². The van der Waals surface area contributed by atoms with Gasteiger partial charge in [-0.15, -0.1) is 0 Å². The van der Waals surface area contributed by atoms with Crippen molar-refractivity contribution in [3.05, 3.63) is 64.6 Å². The van der Waals surface area contributed by atoms with Crippen molar-refractivity contribution in [1.29, 1.82) is 0 Å². The van der Waals surface area contributed by atoms with Crippen molar-refractivity contribution in [2.24, 2.45) is 5.92 Å². The predicted octanol–water partition coefficient (Wildman–Crippen LogP) is 5.13. The summed E-state index contributed by atoms with van der Waals surface area (Å²) in [6.45, 7) is 5.24. The van der Waals surface area contributed by atoms with Crippen LogP contribution in [0.3, 0.4) is 0 Å². The number of hydrogen-bond donors (Lipinski definition) is 0. The molecule has 1 amide bonds. The Hall–Kier alpha value is -2.31. The Morgan fingerprint density at radius 3 is 2.57 bits per heavy atom. The highest BCUT2D eigenvalue weighted by Gasteiger charge is 2.32. The van der Waals surface area contributed by atoms with E-state index in [4.69, 9.17) is 21.7 Å².